The number of aromatic nitrogens is 4. The molecule has 0 fully saturated rings. The summed E-state index contributed by atoms with van der Waals surface area (Å²) in [6.45, 7) is 1.71. The fraction of sp³-hybridized carbons (Fsp3) is 0.333. The van der Waals surface area contributed by atoms with E-state index in [2.05, 4.69) is 24.6 Å². The first-order valence-electron chi connectivity index (χ1n) is 5.00. The second-order valence-corrected chi connectivity index (χ2v) is 5.39. The molecular formula is C9H8F3N5S2. The van der Waals surface area contributed by atoms with Crippen molar-refractivity contribution in [3.05, 3.63) is 17.6 Å². The zero-order valence-corrected chi connectivity index (χ0v) is 11.4. The average molecular weight is 307 g/mol. The van der Waals surface area contributed by atoms with Crippen molar-refractivity contribution >= 4 is 29.2 Å². The van der Waals surface area contributed by atoms with Gasteiger partial charge in [-0.25, -0.2) is 15.0 Å². The monoisotopic (exact) mass is 307 g/mol. The molecule has 0 aliphatic heterocycles. The van der Waals surface area contributed by atoms with Crippen molar-refractivity contribution in [2.75, 3.05) is 12.4 Å². The number of hydrogen-bond acceptors (Lipinski definition) is 7. The van der Waals surface area contributed by atoms with Crippen LogP contribution in [-0.2, 0) is 6.18 Å². The molecule has 2 rings (SSSR count). The van der Waals surface area contributed by atoms with Crippen molar-refractivity contribution in [2.24, 2.45) is 0 Å². The molecular weight excluding hydrogens is 299 g/mol. The molecule has 2 heterocycles. The molecule has 0 aromatic carbocycles. The van der Waals surface area contributed by atoms with Crippen molar-refractivity contribution in [3.63, 3.8) is 0 Å². The minimum absolute atomic E-state index is 0.0847. The van der Waals surface area contributed by atoms with Gasteiger partial charge >= 0.3 is 6.18 Å². The van der Waals surface area contributed by atoms with Gasteiger partial charge in [0.05, 0.1) is 0 Å². The summed E-state index contributed by atoms with van der Waals surface area (Å²) >= 11 is 2.13. The van der Waals surface area contributed by atoms with Gasteiger partial charge < -0.3 is 5.32 Å². The van der Waals surface area contributed by atoms with Crippen molar-refractivity contribution in [1.82, 2.24) is 19.3 Å². The van der Waals surface area contributed by atoms with E-state index in [0.717, 1.165) is 29.4 Å². The number of rotatable bonds is 3. The molecule has 5 nitrogen and oxygen atoms in total. The van der Waals surface area contributed by atoms with Crippen LogP contribution in [0.15, 0.2) is 15.4 Å². The lowest BCUT2D eigenvalue weighted by atomic mass is 10.4. The molecule has 0 atom stereocenters. The van der Waals surface area contributed by atoms with Gasteiger partial charge in [0.2, 0.25) is 5.95 Å². The van der Waals surface area contributed by atoms with Crippen LogP contribution >= 0.6 is 23.3 Å². The Bertz CT molecular complexity index is 583. The second-order valence-electron chi connectivity index (χ2n) is 3.37. The van der Waals surface area contributed by atoms with Gasteiger partial charge in [-0.1, -0.05) is 0 Å². The molecule has 0 saturated heterocycles. The zero-order chi connectivity index (χ0) is 14.0. The van der Waals surface area contributed by atoms with E-state index in [1.54, 1.807) is 6.92 Å². The molecule has 102 valence electrons. The molecule has 2 aromatic heterocycles. The quantitative estimate of drug-likeness (QED) is 0.880. The van der Waals surface area contributed by atoms with Crippen molar-refractivity contribution in [2.45, 2.75) is 22.5 Å². The number of aryl methyl sites for hydroxylation is 1. The lowest BCUT2D eigenvalue weighted by Crippen LogP contribution is -2.11. The summed E-state index contributed by atoms with van der Waals surface area (Å²) in [5.74, 6) is 0.491. The Labute approximate surface area is 114 Å². The van der Waals surface area contributed by atoms with E-state index in [1.165, 1.54) is 7.05 Å². The number of hydrogen-bond donors (Lipinski definition) is 1. The fourth-order valence-corrected chi connectivity index (χ4v) is 2.74. The van der Waals surface area contributed by atoms with Crippen LogP contribution in [0.2, 0.25) is 0 Å². The van der Waals surface area contributed by atoms with Crippen LogP contribution in [0.1, 0.15) is 11.5 Å². The maximum absolute atomic E-state index is 12.7. The largest absolute Gasteiger partial charge is 0.433 e. The number of anilines is 1. The van der Waals surface area contributed by atoms with E-state index in [4.69, 9.17) is 0 Å². The molecule has 0 radical (unpaired) electrons. The Kier molecular flexibility index (Phi) is 3.90. The van der Waals surface area contributed by atoms with Crippen molar-refractivity contribution in [1.29, 1.82) is 0 Å². The van der Waals surface area contributed by atoms with E-state index >= 15 is 0 Å². The molecule has 0 unspecified atom stereocenters. The Morgan fingerprint density at radius 2 is 2.00 bits per heavy atom. The summed E-state index contributed by atoms with van der Waals surface area (Å²) in [4.78, 5) is 11.4. The Morgan fingerprint density at radius 1 is 1.26 bits per heavy atom. The zero-order valence-electron chi connectivity index (χ0n) is 9.82. The van der Waals surface area contributed by atoms with Gasteiger partial charge in [0.25, 0.3) is 0 Å². The molecule has 2 aromatic rings. The van der Waals surface area contributed by atoms with Gasteiger partial charge in [-0.2, -0.15) is 17.5 Å². The minimum atomic E-state index is -4.51. The first-order chi connectivity index (χ1) is 8.88. The predicted octanol–water partition coefficient (Wildman–Crippen LogP) is 2.85. The summed E-state index contributed by atoms with van der Waals surface area (Å²) in [5.41, 5.74) is -0.990. The molecule has 0 amide bonds. The summed E-state index contributed by atoms with van der Waals surface area (Å²) < 4.78 is 42.5. The summed E-state index contributed by atoms with van der Waals surface area (Å²) in [7, 11) is 1.46. The summed E-state index contributed by atoms with van der Waals surface area (Å²) in [6, 6.07) is 0.891. The highest BCUT2D eigenvalue weighted by Gasteiger charge is 2.33. The van der Waals surface area contributed by atoms with Crippen molar-refractivity contribution in [3.8, 4) is 0 Å². The molecule has 19 heavy (non-hydrogen) atoms. The molecule has 0 bridgehead atoms. The van der Waals surface area contributed by atoms with Gasteiger partial charge in [-0.15, -0.1) is 0 Å². The third kappa shape index (κ3) is 3.53. The highest BCUT2D eigenvalue weighted by molar-refractivity contribution is 8.00. The van der Waals surface area contributed by atoms with E-state index < -0.39 is 11.9 Å². The molecule has 1 N–H and O–H groups in total. The predicted molar refractivity (Wildman–Crippen MR) is 65.3 cm³/mol. The fourth-order valence-electron chi connectivity index (χ4n) is 1.14. The lowest BCUT2D eigenvalue weighted by molar-refractivity contribution is -0.141. The summed E-state index contributed by atoms with van der Waals surface area (Å²) in [6.07, 6.45) is -4.51. The minimum Gasteiger partial charge on any atom is -0.357 e. The second kappa shape index (κ2) is 5.29. The SMILES string of the molecule is CNc1nc(Sc2nc(C)ns2)cc(C(F)(F)F)n1. The average Bonchev–Trinajstić information content (AvgIpc) is 2.73. The molecule has 10 heteroatoms. The number of nitrogens with zero attached hydrogens (tertiary/aromatic N) is 4. The van der Waals surface area contributed by atoms with E-state index in [9.17, 15) is 13.2 Å². The molecule has 0 saturated carbocycles. The van der Waals surface area contributed by atoms with Gasteiger partial charge in [0.15, 0.2) is 10.0 Å². The van der Waals surface area contributed by atoms with E-state index in [1.807, 2.05) is 0 Å². The lowest BCUT2D eigenvalue weighted by Gasteiger charge is -2.08. The van der Waals surface area contributed by atoms with Crippen LogP contribution < -0.4 is 5.32 Å². The Balaban J connectivity index is 2.34. The Morgan fingerprint density at radius 3 is 2.53 bits per heavy atom. The first kappa shape index (κ1) is 14.0. The highest BCUT2D eigenvalue weighted by Crippen LogP contribution is 2.33. The molecule has 0 aliphatic rings. The maximum Gasteiger partial charge on any atom is 0.433 e. The van der Waals surface area contributed by atoms with Gasteiger partial charge in [0, 0.05) is 13.1 Å². The van der Waals surface area contributed by atoms with E-state index in [-0.39, 0.29) is 11.0 Å². The molecule has 0 spiro atoms. The summed E-state index contributed by atoms with van der Waals surface area (Å²) in [5, 5.41) is 2.67. The number of alkyl halides is 3. The highest BCUT2D eigenvalue weighted by atomic mass is 32.2. The van der Waals surface area contributed by atoms with Crippen LogP contribution in [0.3, 0.4) is 0 Å². The third-order valence-corrected chi connectivity index (χ3v) is 3.68. The maximum atomic E-state index is 12.7. The van der Waals surface area contributed by atoms with Crippen LogP contribution in [0.4, 0.5) is 19.1 Å². The topological polar surface area (TPSA) is 63.6 Å². The van der Waals surface area contributed by atoms with Crippen LogP contribution in [0.5, 0.6) is 0 Å². The van der Waals surface area contributed by atoms with E-state index in [0.29, 0.717) is 10.2 Å². The first-order valence-corrected chi connectivity index (χ1v) is 6.59. The molecule has 0 aliphatic carbocycles. The number of nitrogens with one attached hydrogen (secondary N) is 1. The smallest absolute Gasteiger partial charge is 0.357 e. The Hall–Kier alpha value is -1.42. The third-order valence-electron chi connectivity index (χ3n) is 1.92. The van der Waals surface area contributed by atoms with Crippen molar-refractivity contribution < 1.29 is 13.2 Å². The van der Waals surface area contributed by atoms with Gasteiger partial charge in [0.1, 0.15) is 10.9 Å². The van der Waals surface area contributed by atoms with Gasteiger partial charge in [-0.3, -0.25) is 0 Å². The standard InChI is InChI=1S/C9H8F3N5S2/c1-4-14-8(19-17-4)18-6-3-5(9(10,11)12)15-7(13-2)16-6/h3H,1-2H3,(H,13,15,16). The van der Waals surface area contributed by atoms with Crippen LogP contribution in [-0.4, -0.2) is 26.4 Å². The van der Waals surface area contributed by atoms with Crippen LogP contribution in [0, 0.1) is 6.92 Å². The van der Waals surface area contributed by atoms with Crippen LogP contribution in [0.25, 0.3) is 0 Å². The normalized spacial score (nSPS) is 11.6. The van der Waals surface area contributed by atoms with Gasteiger partial charge in [-0.05, 0) is 30.2 Å². The number of halogens is 3.